The average Bonchev–Trinajstić information content (AvgIpc) is 2.24. The number of aromatic nitrogens is 2. The molecule has 102 valence electrons. The first-order valence-electron chi connectivity index (χ1n) is 6.62. The zero-order valence-corrected chi connectivity index (χ0v) is 12.8. The van der Waals surface area contributed by atoms with Crippen LogP contribution in [0, 0.1) is 12.8 Å². The van der Waals surface area contributed by atoms with Gasteiger partial charge in [-0.3, -0.25) is 0 Å². The average molecular weight is 270 g/mol. The standard InChI is InChI=1S/C14H24ClN3/c1-9(2)6-12(15)8-16-14-17-11(5)7-13(18-14)10(3)4/h7,9-10,12H,6,8H2,1-5H3,(H,16,17,18). The lowest BCUT2D eigenvalue weighted by atomic mass is 10.1. The van der Waals surface area contributed by atoms with Crippen LogP contribution in [0.25, 0.3) is 0 Å². The second-order valence-corrected chi connectivity index (χ2v) is 6.14. The lowest BCUT2D eigenvalue weighted by Gasteiger charge is -2.14. The van der Waals surface area contributed by atoms with Crippen LogP contribution in [0.1, 0.15) is 51.4 Å². The topological polar surface area (TPSA) is 37.8 Å². The van der Waals surface area contributed by atoms with Crippen molar-refractivity contribution >= 4 is 17.5 Å². The number of alkyl halides is 1. The molecule has 1 N–H and O–H groups in total. The highest BCUT2D eigenvalue weighted by Crippen LogP contribution is 2.15. The van der Waals surface area contributed by atoms with Gasteiger partial charge in [0.2, 0.25) is 5.95 Å². The monoisotopic (exact) mass is 269 g/mol. The van der Waals surface area contributed by atoms with Gasteiger partial charge in [0.1, 0.15) is 0 Å². The molecule has 0 aliphatic carbocycles. The number of halogens is 1. The lowest BCUT2D eigenvalue weighted by Crippen LogP contribution is -2.18. The van der Waals surface area contributed by atoms with Crippen LogP contribution >= 0.6 is 11.6 Å². The summed E-state index contributed by atoms with van der Waals surface area (Å²) in [6, 6.07) is 2.03. The van der Waals surface area contributed by atoms with E-state index in [4.69, 9.17) is 11.6 Å². The van der Waals surface area contributed by atoms with Gasteiger partial charge in [0.25, 0.3) is 0 Å². The first-order valence-corrected chi connectivity index (χ1v) is 7.05. The molecule has 1 heterocycles. The van der Waals surface area contributed by atoms with Gasteiger partial charge in [0.15, 0.2) is 0 Å². The Morgan fingerprint density at radius 1 is 1.22 bits per heavy atom. The number of hydrogen-bond acceptors (Lipinski definition) is 3. The highest BCUT2D eigenvalue weighted by atomic mass is 35.5. The summed E-state index contributed by atoms with van der Waals surface area (Å²) in [7, 11) is 0. The minimum absolute atomic E-state index is 0.122. The number of anilines is 1. The fourth-order valence-electron chi connectivity index (χ4n) is 1.76. The van der Waals surface area contributed by atoms with Crippen molar-refractivity contribution in [3.05, 3.63) is 17.5 Å². The van der Waals surface area contributed by atoms with Crippen molar-refractivity contribution in [2.75, 3.05) is 11.9 Å². The van der Waals surface area contributed by atoms with Gasteiger partial charge >= 0.3 is 0 Å². The number of aryl methyl sites for hydroxylation is 1. The third-order valence-electron chi connectivity index (χ3n) is 2.67. The van der Waals surface area contributed by atoms with E-state index in [1.165, 1.54) is 0 Å². The molecule has 0 radical (unpaired) electrons. The molecule has 4 heteroatoms. The van der Waals surface area contributed by atoms with Crippen LogP contribution in [0.3, 0.4) is 0 Å². The molecule has 1 aromatic rings. The Morgan fingerprint density at radius 3 is 2.44 bits per heavy atom. The van der Waals surface area contributed by atoms with Crippen molar-refractivity contribution in [1.29, 1.82) is 0 Å². The van der Waals surface area contributed by atoms with E-state index in [1.807, 2.05) is 13.0 Å². The van der Waals surface area contributed by atoms with Crippen LogP contribution in [0.5, 0.6) is 0 Å². The van der Waals surface area contributed by atoms with E-state index in [0.717, 1.165) is 17.8 Å². The fourth-order valence-corrected chi connectivity index (χ4v) is 2.20. The number of hydrogen-bond donors (Lipinski definition) is 1. The maximum absolute atomic E-state index is 6.25. The molecule has 0 aliphatic heterocycles. The molecular weight excluding hydrogens is 246 g/mol. The van der Waals surface area contributed by atoms with Crippen molar-refractivity contribution < 1.29 is 0 Å². The molecule has 18 heavy (non-hydrogen) atoms. The summed E-state index contributed by atoms with van der Waals surface area (Å²) in [4.78, 5) is 8.89. The highest BCUT2D eigenvalue weighted by Gasteiger charge is 2.09. The Bertz CT molecular complexity index is 377. The molecule has 0 bridgehead atoms. The summed E-state index contributed by atoms with van der Waals surface area (Å²) >= 11 is 6.25. The van der Waals surface area contributed by atoms with Crippen molar-refractivity contribution in [1.82, 2.24) is 9.97 Å². The Kier molecular flexibility index (Phi) is 5.86. The molecule has 0 saturated carbocycles. The van der Waals surface area contributed by atoms with Crippen LogP contribution in [-0.4, -0.2) is 21.9 Å². The molecule has 1 atom stereocenters. The molecule has 3 nitrogen and oxygen atoms in total. The number of nitrogens with one attached hydrogen (secondary N) is 1. The minimum atomic E-state index is 0.122. The van der Waals surface area contributed by atoms with Crippen LogP contribution in [0.2, 0.25) is 0 Å². The normalized spacial score (nSPS) is 13.1. The maximum atomic E-state index is 6.25. The Balaban J connectivity index is 2.62. The number of nitrogens with zero attached hydrogens (tertiary/aromatic N) is 2. The van der Waals surface area contributed by atoms with Crippen molar-refractivity contribution in [3.8, 4) is 0 Å². The summed E-state index contributed by atoms with van der Waals surface area (Å²) in [6.07, 6.45) is 0.997. The zero-order chi connectivity index (χ0) is 13.7. The first kappa shape index (κ1) is 15.2. The SMILES string of the molecule is Cc1cc(C(C)C)nc(NCC(Cl)CC(C)C)n1. The molecule has 0 aliphatic rings. The molecular formula is C14H24ClN3. The Labute approximate surface area is 115 Å². The van der Waals surface area contributed by atoms with Gasteiger partial charge in [0.05, 0.1) is 5.38 Å². The van der Waals surface area contributed by atoms with Crippen molar-refractivity contribution in [3.63, 3.8) is 0 Å². The van der Waals surface area contributed by atoms with Crippen LogP contribution < -0.4 is 5.32 Å². The van der Waals surface area contributed by atoms with Crippen molar-refractivity contribution in [2.45, 2.75) is 52.3 Å². The molecule has 0 amide bonds. The van der Waals surface area contributed by atoms with E-state index in [1.54, 1.807) is 0 Å². The summed E-state index contributed by atoms with van der Waals surface area (Å²) in [6.45, 7) is 11.3. The van der Waals surface area contributed by atoms with Crippen LogP contribution in [0.4, 0.5) is 5.95 Å². The molecule has 1 rings (SSSR count). The Morgan fingerprint density at radius 2 is 1.89 bits per heavy atom. The van der Waals surface area contributed by atoms with Crippen molar-refractivity contribution in [2.24, 2.45) is 5.92 Å². The predicted octanol–water partition coefficient (Wildman–Crippen LogP) is 3.97. The van der Waals surface area contributed by atoms with Gasteiger partial charge < -0.3 is 5.32 Å². The van der Waals surface area contributed by atoms with Crippen LogP contribution in [0.15, 0.2) is 6.07 Å². The lowest BCUT2D eigenvalue weighted by molar-refractivity contribution is 0.571. The van der Waals surface area contributed by atoms with Gasteiger partial charge in [-0.05, 0) is 31.2 Å². The fraction of sp³-hybridized carbons (Fsp3) is 0.714. The second-order valence-electron chi connectivity index (χ2n) is 5.52. The smallest absolute Gasteiger partial charge is 0.223 e. The minimum Gasteiger partial charge on any atom is -0.353 e. The second kappa shape index (κ2) is 6.93. The molecule has 0 aromatic carbocycles. The third-order valence-corrected chi connectivity index (χ3v) is 3.01. The predicted molar refractivity (Wildman–Crippen MR) is 78.4 cm³/mol. The summed E-state index contributed by atoms with van der Waals surface area (Å²) in [5, 5.41) is 3.35. The zero-order valence-electron chi connectivity index (χ0n) is 12.0. The molecule has 1 aromatic heterocycles. The van der Waals surface area contributed by atoms with E-state index in [-0.39, 0.29) is 5.38 Å². The van der Waals surface area contributed by atoms with Gasteiger partial charge in [-0.15, -0.1) is 11.6 Å². The maximum Gasteiger partial charge on any atom is 0.223 e. The van der Waals surface area contributed by atoms with E-state index in [0.29, 0.717) is 24.3 Å². The molecule has 1 unspecified atom stereocenters. The largest absolute Gasteiger partial charge is 0.353 e. The van der Waals surface area contributed by atoms with Gasteiger partial charge in [-0.2, -0.15) is 0 Å². The van der Waals surface area contributed by atoms with E-state index >= 15 is 0 Å². The van der Waals surface area contributed by atoms with E-state index in [9.17, 15) is 0 Å². The highest BCUT2D eigenvalue weighted by molar-refractivity contribution is 6.20. The quantitative estimate of drug-likeness (QED) is 0.794. The molecule has 0 spiro atoms. The van der Waals surface area contributed by atoms with Gasteiger partial charge in [-0.1, -0.05) is 27.7 Å². The first-order chi connectivity index (χ1) is 8.38. The van der Waals surface area contributed by atoms with E-state index in [2.05, 4.69) is 43.0 Å². The van der Waals surface area contributed by atoms with Crippen LogP contribution in [-0.2, 0) is 0 Å². The van der Waals surface area contributed by atoms with E-state index < -0.39 is 0 Å². The summed E-state index contributed by atoms with van der Waals surface area (Å²) < 4.78 is 0. The summed E-state index contributed by atoms with van der Waals surface area (Å²) in [5.74, 6) is 1.71. The number of rotatable bonds is 6. The van der Waals surface area contributed by atoms with Gasteiger partial charge in [-0.25, -0.2) is 9.97 Å². The van der Waals surface area contributed by atoms with Gasteiger partial charge in [0, 0.05) is 17.9 Å². The summed E-state index contributed by atoms with van der Waals surface area (Å²) in [5.41, 5.74) is 2.06. The Hall–Kier alpha value is -0.830. The third kappa shape index (κ3) is 5.21. The molecule has 0 saturated heterocycles. The molecule has 0 fully saturated rings.